The Morgan fingerprint density at radius 2 is 1.80 bits per heavy atom. The van der Waals surface area contributed by atoms with Crippen molar-refractivity contribution in [2.24, 2.45) is 0 Å². The molecule has 1 aromatic rings. The van der Waals surface area contributed by atoms with Crippen LogP contribution in [0.4, 0.5) is 0 Å². The fourth-order valence-corrected chi connectivity index (χ4v) is 2.29. The van der Waals surface area contributed by atoms with Crippen LogP contribution in [0.1, 0.15) is 64.5 Å². The van der Waals surface area contributed by atoms with Crippen molar-refractivity contribution in [3.63, 3.8) is 0 Å². The van der Waals surface area contributed by atoms with Crippen molar-refractivity contribution in [2.75, 3.05) is 13.1 Å². The predicted octanol–water partition coefficient (Wildman–Crippen LogP) is 3.55. The zero-order valence-electron chi connectivity index (χ0n) is 13.0. The van der Waals surface area contributed by atoms with E-state index in [-0.39, 0.29) is 5.91 Å². The van der Waals surface area contributed by atoms with Crippen molar-refractivity contribution in [1.29, 1.82) is 0 Å². The fraction of sp³-hybridized carbons (Fsp3) is 0.750. The second kappa shape index (κ2) is 10.5. The summed E-state index contributed by atoms with van der Waals surface area (Å²) >= 11 is 0. The lowest BCUT2D eigenvalue weighted by atomic mass is 10.2. The lowest BCUT2D eigenvalue weighted by Gasteiger charge is -2.22. The quantitative estimate of drug-likeness (QED) is 0.630. The van der Waals surface area contributed by atoms with Crippen molar-refractivity contribution in [3.05, 3.63) is 18.2 Å². The molecular weight excluding hydrogens is 250 g/mol. The molecule has 0 aliphatic heterocycles. The smallest absolute Gasteiger partial charge is 0.222 e. The molecule has 20 heavy (non-hydrogen) atoms. The predicted molar refractivity (Wildman–Crippen MR) is 82.5 cm³/mol. The van der Waals surface area contributed by atoms with Gasteiger partial charge in [0, 0.05) is 31.4 Å². The van der Waals surface area contributed by atoms with Gasteiger partial charge in [-0.05, 0) is 19.3 Å². The van der Waals surface area contributed by atoms with Crippen molar-refractivity contribution >= 4 is 5.91 Å². The minimum Gasteiger partial charge on any atom is -0.348 e. The molecule has 0 aliphatic rings. The molecule has 0 bridgehead atoms. The van der Waals surface area contributed by atoms with Crippen LogP contribution in [0.15, 0.2) is 12.5 Å². The number of rotatable bonds is 11. The van der Waals surface area contributed by atoms with Gasteiger partial charge in [-0.25, -0.2) is 4.98 Å². The summed E-state index contributed by atoms with van der Waals surface area (Å²) in [7, 11) is 0. The molecule has 0 saturated carbocycles. The SMILES string of the molecule is CCCCCN(CCCCC)C(=O)CCc1cnc[nH]1. The molecule has 1 rings (SSSR count). The summed E-state index contributed by atoms with van der Waals surface area (Å²) in [4.78, 5) is 21.4. The van der Waals surface area contributed by atoms with Crippen LogP contribution in [0, 0.1) is 0 Å². The Hall–Kier alpha value is -1.32. The summed E-state index contributed by atoms with van der Waals surface area (Å²) < 4.78 is 0. The van der Waals surface area contributed by atoms with Gasteiger partial charge in [-0.3, -0.25) is 4.79 Å². The maximum Gasteiger partial charge on any atom is 0.222 e. The number of unbranched alkanes of at least 4 members (excludes halogenated alkanes) is 4. The second-order valence-electron chi connectivity index (χ2n) is 5.37. The first-order valence-corrected chi connectivity index (χ1v) is 8.03. The first kappa shape index (κ1) is 16.7. The highest BCUT2D eigenvalue weighted by atomic mass is 16.2. The summed E-state index contributed by atoms with van der Waals surface area (Å²) in [5, 5.41) is 0. The van der Waals surface area contributed by atoms with Gasteiger partial charge in [-0.1, -0.05) is 39.5 Å². The zero-order chi connectivity index (χ0) is 14.6. The van der Waals surface area contributed by atoms with Crippen LogP contribution >= 0.6 is 0 Å². The van der Waals surface area contributed by atoms with Crippen molar-refractivity contribution in [2.45, 2.75) is 65.2 Å². The lowest BCUT2D eigenvalue weighted by Crippen LogP contribution is -2.33. The number of carbonyl (C=O) groups is 1. The molecule has 0 aromatic carbocycles. The largest absolute Gasteiger partial charge is 0.348 e. The molecule has 4 heteroatoms. The second-order valence-corrected chi connectivity index (χ2v) is 5.37. The summed E-state index contributed by atoms with van der Waals surface area (Å²) in [5.74, 6) is 0.284. The Balaban J connectivity index is 2.36. The first-order valence-electron chi connectivity index (χ1n) is 8.03. The van der Waals surface area contributed by atoms with Crippen molar-refractivity contribution < 1.29 is 4.79 Å². The number of amides is 1. The summed E-state index contributed by atoms with van der Waals surface area (Å²) in [6.07, 6.45) is 11.9. The molecule has 0 fully saturated rings. The van der Waals surface area contributed by atoms with Crippen molar-refractivity contribution in [3.8, 4) is 0 Å². The lowest BCUT2D eigenvalue weighted by molar-refractivity contribution is -0.131. The van der Waals surface area contributed by atoms with E-state index in [4.69, 9.17) is 0 Å². The highest BCUT2D eigenvalue weighted by molar-refractivity contribution is 5.76. The number of carbonyl (C=O) groups excluding carboxylic acids is 1. The molecule has 0 radical (unpaired) electrons. The van der Waals surface area contributed by atoms with E-state index in [9.17, 15) is 4.79 Å². The van der Waals surface area contributed by atoms with E-state index >= 15 is 0 Å². The Morgan fingerprint density at radius 3 is 2.30 bits per heavy atom. The molecular formula is C16H29N3O. The van der Waals surface area contributed by atoms with Crippen LogP contribution in [0.3, 0.4) is 0 Å². The van der Waals surface area contributed by atoms with E-state index < -0.39 is 0 Å². The van der Waals surface area contributed by atoms with E-state index in [1.54, 1.807) is 12.5 Å². The number of aryl methyl sites for hydroxylation is 1. The van der Waals surface area contributed by atoms with Crippen LogP contribution in [0.5, 0.6) is 0 Å². The van der Waals surface area contributed by atoms with Crippen LogP contribution in [0.2, 0.25) is 0 Å². The fourth-order valence-electron chi connectivity index (χ4n) is 2.29. The third-order valence-electron chi connectivity index (χ3n) is 3.58. The average Bonchev–Trinajstić information content (AvgIpc) is 2.97. The minimum atomic E-state index is 0.284. The molecule has 1 N–H and O–H groups in total. The van der Waals surface area contributed by atoms with Gasteiger partial charge in [0.1, 0.15) is 0 Å². The number of aromatic nitrogens is 2. The highest BCUT2D eigenvalue weighted by Crippen LogP contribution is 2.07. The zero-order valence-corrected chi connectivity index (χ0v) is 13.0. The van der Waals surface area contributed by atoms with E-state index in [1.165, 1.54) is 25.7 Å². The van der Waals surface area contributed by atoms with Gasteiger partial charge in [0.25, 0.3) is 0 Å². The molecule has 0 unspecified atom stereocenters. The Labute approximate surface area is 123 Å². The number of aromatic amines is 1. The van der Waals surface area contributed by atoms with Gasteiger partial charge in [-0.15, -0.1) is 0 Å². The molecule has 0 spiro atoms. The molecule has 1 heterocycles. The Bertz CT molecular complexity index is 339. The number of imidazole rings is 1. The molecule has 114 valence electrons. The number of H-pyrrole nitrogens is 1. The Kier molecular flexibility index (Phi) is 8.76. The third kappa shape index (κ3) is 6.73. The number of nitrogens with zero attached hydrogens (tertiary/aromatic N) is 2. The number of hydrogen-bond donors (Lipinski definition) is 1. The maximum atomic E-state index is 12.3. The van der Waals surface area contributed by atoms with Crippen molar-refractivity contribution in [1.82, 2.24) is 14.9 Å². The van der Waals surface area contributed by atoms with E-state index in [2.05, 4.69) is 28.7 Å². The van der Waals surface area contributed by atoms with Gasteiger partial charge in [0.15, 0.2) is 0 Å². The number of nitrogens with one attached hydrogen (secondary N) is 1. The molecule has 1 amide bonds. The molecule has 0 saturated heterocycles. The van der Waals surface area contributed by atoms with Gasteiger partial charge >= 0.3 is 0 Å². The molecule has 4 nitrogen and oxygen atoms in total. The summed E-state index contributed by atoms with van der Waals surface area (Å²) in [6, 6.07) is 0. The minimum absolute atomic E-state index is 0.284. The van der Waals surface area contributed by atoms with E-state index in [1.807, 2.05) is 0 Å². The maximum absolute atomic E-state index is 12.3. The van der Waals surface area contributed by atoms with Crippen LogP contribution in [-0.2, 0) is 11.2 Å². The summed E-state index contributed by atoms with van der Waals surface area (Å²) in [5.41, 5.74) is 1.04. The van der Waals surface area contributed by atoms with Gasteiger partial charge in [0.05, 0.1) is 6.33 Å². The standard InChI is InChI=1S/C16H29N3O/c1-3-5-7-11-19(12-8-6-4-2)16(20)10-9-15-13-17-14-18-15/h13-14H,3-12H2,1-2H3,(H,17,18). The Morgan fingerprint density at radius 1 is 1.15 bits per heavy atom. The normalized spacial score (nSPS) is 10.7. The monoisotopic (exact) mass is 279 g/mol. The van der Waals surface area contributed by atoms with Gasteiger partial charge < -0.3 is 9.88 Å². The number of hydrogen-bond acceptors (Lipinski definition) is 2. The van der Waals surface area contributed by atoms with E-state index in [0.29, 0.717) is 6.42 Å². The third-order valence-corrected chi connectivity index (χ3v) is 3.58. The molecule has 0 atom stereocenters. The van der Waals surface area contributed by atoms with Gasteiger partial charge in [-0.2, -0.15) is 0 Å². The van der Waals surface area contributed by atoms with E-state index in [0.717, 1.165) is 38.0 Å². The summed E-state index contributed by atoms with van der Waals surface area (Å²) in [6.45, 7) is 6.22. The molecule has 0 aliphatic carbocycles. The van der Waals surface area contributed by atoms with Crippen LogP contribution in [-0.4, -0.2) is 33.9 Å². The topological polar surface area (TPSA) is 49.0 Å². The average molecular weight is 279 g/mol. The van der Waals surface area contributed by atoms with Crippen LogP contribution in [0.25, 0.3) is 0 Å². The van der Waals surface area contributed by atoms with Gasteiger partial charge in [0.2, 0.25) is 5.91 Å². The molecule has 1 aromatic heterocycles. The highest BCUT2D eigenvalue weighted by Gasteiger charge is 2.12. The first-order chi connectivity index (χ1) is 9.77. The van der Waals surface area contributed by atoms with Crippen LogP contribution < -0.4 is 0 Å².